The smallest absolute Gasteiger partial charge is 0.151 e. The third kappa shape index (κ3) is 0.786. The summed E-state index contributed by atoms with van der Waals surface area (Å²) in [6, 6.07) is 1.85. The van der Waals surface area contributed by atoms with Gasteiger partial charge in [-0.15, -0.1) is 0 Å². The van der Waals surface area contributed by atoms with Crippen LogP contribution in [0, 0.1) is 0 Å². The molecule has 0 saturated heterocycles. The number of aromatic nitrogens is 1. The molecule has 0 bridgehead atoms. The molecule has 0 atom stereocenters. The van der Waals surface area contributed by atoms with Crippen LogP contribution in [-0.2, 0) is 4.79 Å². The van der Waals surface area contributed by atoms with Crippen LogP contribution in [0.1, 0.15) is 0 Å². The second-order valence-electron chi connectivity index (χ2n) is 2.25. The molecule has 0 radical (unpaired) electrons. The van der Waals surface area contributed by atoms with Crippen LogP contribution in [0.3, 0.4) is 0 Å². The molecule has 2 nitrogen and oxygen atoms in total. The molecule has 1 aromatic rings. The summed E-state index contributed by atoms with van der Waals surface area (Å²) in [5.74, 6) is 0. The molecule has 0 spiro atoms. The van der Waals surface area contributed by atoms with Gasteiger partial charge in [0.2, 0.25) is 0 Å². The minimum atomic E-state index is 0.653. The molecular formula is C9H5NO. The molecule has 2 heteroatoms. The van der Waals surface area contributed by atoms with Crippen molar-refractivity contribution in [1.29, 1.82) is 0 Å². The maximum atomic E-state index is 10.5. The Kier molecular flexibility index (Phi) is 1.16. The number of carbonyl (C=O) groups excluding carboxylic acids is 1. The van der Waals surface area contributed by atoms with Crippen molar-refractivity contribution in [3.63, 3.8) is 0 Å². The van der Waals surface area contributed by atoms with Crippen LogP contribution in [0.2, 0.25) is 0 Å². The normalized spacial score (nSPS) is 12.5. The average molecular weight is 143 g/mol. The maximum absolute atomic E-state index is 10.5. The first-order chi connectivity index (χ1) is 5.42. The lowest BCUT2D eigenvalue weighted by atomic mass is 10.2. The highest BCUT2D eigenvalue weighted by atomic mass is 16.1. The molecular weight excluding hydrogens is 138 g/mol. The van der Waals surface area contributed by atoms with Gasteiger partial charge in [0.25, 0.3) is 0 Å². The fraction of sp³-hybridized carbons (Fsp3) is 0. The van der Waals surface area contributed by atoms with E-state index in [0.29, 0.717) is 5.57 Å². The summed E-state index contributed by atoms with van der Waals surface area (Å²) >= 11 is 0. The van der Waals surface area contributed by atoms with Gasteiger partial charge in [0.1, 0.15) is 0 Å². The number of aromatic amines is 1. The van der Waals surface area contributed by atoms with Crippen molar-refractivity contribution in [2.75, 3.05) is 0 Å². The van der Waals surface area contributed by atoms with Crippen LogP contribution in [0.15, 0.2) is 24.1 Å². The van der Waals surface area contributed by atoms with E-state index in [1.165, 1.54) is 0 Å². The summed E-state index contributed by atoms with van der Waals surface area (Å²) < 4.78 is 0. The van der Waals surface area contributed by atoms with Crippen molar-refractivity contribution in [1.82, 2.24) is 4.98 Å². The van der Waals surface area contributed by atoms with Crippen LogP contribution >= 0.6 is 0 Å². The molecule has 0 aromatic carbocycles. The van der Waals surface area contributed by atoms with E-state index < -0.39 is 0 Å². The monoisotopic (exact) mass is 143 g/mol. The summed E-state index contributed by atoms with van der Waals surface area (Å²) in [6.07, 6.45) is 4.23. The summed E-state index contributed by atoms with van der Waals surface area (Å²) in [6.45, 7) is 0. The Bertz CT molecular complexity index is 480. The van der Waals surface area contributed by atoms with E-state index in [1.807, 2.05) is 6.07 Å². The number of nitrogens with one attached hydrogen (secondary N) is 1. The topological polar surface area (TPSA) is 32.9 Å². The number of fused-ring (bicyclic) bond motifs is 1. The second kappa shape index (κ2) is 2.14. The van der Waals surface area contributed by atoms with Gasteiger partial charge < -0.3 is 4.98 Å². The Hall–Kier alpha value is -1.75. The average Bonchev–Trinajstić information content (AvgIpc) is 2.50. The molecule has 11 heavy (non-hydrogen) atoms. The van der Waals surface area contributed by atoms with Crippen molar-refractivity contribution in [2.24, 2.45) is 0 Å². The lowest BCUT2D eigenvalue weighted by Crippen LogP contribution is -2.24. The highest BCUT2D eigenvalue weighted by Gasteiger charge is 1.95. The van der Waals surface area contributed by atoms with E-state index in [-0.39, 0.29) is 0 Å². The van der Waals surface area contributed by atoms with Gasteiger partial charge in [-0.3, -0.25) is 4.79 Å². The van der Waals surface area contributed by atoms with Gasteiger partial charge >= 0.3 is 0 Å². The lowest BCUT2D eigenvalue weighted by Gasteiger charge is -1.85. The Balaban J connectivity index is 3.08. The fourth-order valence-corrected chi connectivity index (χ4v) is 1.07. The largest absolute Gasteiger partial charge is 0.354 e. The molecule has 1 aliphatic carbocycles. The number of H-pyrrole nitrogens is 1. The highest BCUT2D eigenvalue weighted by molar-refractivity contribution is 6.03. The molecule has 1 heterocycles. The van der Waals surface area contributed by atoms with Gasteiger partial charge in [-0.1, -0.05) is 5.73 Å². The zero-order valence-electron chi connectivity index (χ0n) is 5.72. The summed E-state index contributed by atoms with van der Waals surface area (Å²) in [4.78, 5) is 13.4. The van der Waals surface area contributed by atoms with Gasteiger partial charge in [0.05, 0.1) is 5.35 Å². The van der Waals surface area contributed by atoms with Gasteiger partial charge in [-0.2, -0.15) is 0 Å². The standard InChI is InChI=1S/C9H5NO/c11-6-7-2-1-3-9-8(7)4-5-10-9/h2,4-6,10H. The minimum Gasteiger partial charge on any atom is -0.354 e. The Morgan fingerprint density at radius 1 is 1.55 bits per heavy atom. The predicted molar refractivity (Wildman–Crippen MR) is 41.0 cm³/mol. The summed E-state index contributed by atoms with van der Waals surface area (Å²) in [7, 11) is 0. The SMILES string of the molecule is O=CC1=c2cc[nH]c2=C=C=C1. The van der Waals surface area contributed by atoms with Crippen LogP contribution in [-0.4, -0.2) is 11.3 Å². The fourth-order valence-electron chi connectivity index (χ4n) is 1.07. The van der Waals surface area contributed by atoms with Crippen molar-refractivity contribution < 1.29 is 4.79 Å². The van der Waals surface area contributed by atoms with E-state index in [1.54, 1.807) is 12.3 Å². The van der Waals surface area contributed by atoms with Crippen molar-refractivity contribution in [3.8, 4) is 0 Å². The van der Waals surface area contributed by atoms with Crippen LogP contribution in [0.4, 0.5) is 0 Å². The minimum absolute atomic E-state index is 0.653. The molecule has 2 rings (SSSR count). The first-order valence-corrected chi connectivity index (χ1v) is 3.26. The zero-order chi connectivity index (χ0) is 7.68. The molecule has 0 amide bonds. The van der Waals surface area contributed by atoms with Crippen LogP contribution < -0.4 is 10.6 Å². The van der Waals surface area contributed by atoms with Crippen molar-refractivity contribution in [3.05, 3.63) is 34.6 Å². The third-order valence-electron chi connectivity index (χ3n) is 1.61. The molecule has 0 unspecified atom stereocenters. The van der Waals surface area contributed by atoms with Crippen LogP contribution in [0.5, 0.6) is 0 Å². The van der Waals surface area contributed by atoms with Gasteiger partial charge in [0.15, 0.2) is 6.29 Å². The lowest BCUT2D eigenvalue weighted by molar-refractivity contribution is -0.103. The quantitative estimate of drug-likeness (QED) is 0.416. The molecule has 0 saturated carbocycles. The first-order valence-electron chi connectivity index (χ1n) is 3.26. The number of rotatable bonds is 1. The molecule has 1 aromatic heterocycles. The van der Waals surface area contributed by atoms with Crippen LogP contribution in [0.25, 0.3) is 11.3 Å². The number of aldehydes is 1. The van der Waals surface area contributed by atoms with Gasteiger partial charge in [-0.25, -0.2) is 0 Å². The van der Waals surface area contributed by atoms with E-state index in [4.69, 9.17) is 0 Å². The Morgan fingerprint density at radius 3 is 3.27 bits per heavy atom. The molecule has 0 aliphatic heterocycles. The van der Waals surface area contributed by atoms with Crippen molar-refractivity contribution in [2.45, 2.75) is 0 Å². The van der Waals surface area contributed by atoms with E-state index in [2.05, 4.69) is 16.4 Å². The molecule has 1 aliphatic rings. The number of hydrogen-bond donors (Lipinski definition) is 1. The Labute approximate surface area is 62.9 Å². The first kappa shape index (κ1) is 5.99. The second-order valence-corrected chi connectivity index (χ2v) is 2.25. The zero-order valence-corrected chi connectivity index (χ0v) is 5.72. The predicted octanol–water partition coefficient (Wildman–Crippen LogP) is -0.531. The summed E-state index contributed by atoms with van der Waals surface area (Å²) in [5.41, 5.74) is 6.27. The third-order valence-corrected chi connectivity index (χ3v) is 1.61. The van der Waals surface area contributed by atoms with E-state index >= 15 is 0 Å². The van der Waals surface area contributed by atoms with Gasteiger partial charge in [0, 0.05) is 17.0 Å². The highest BCUT2D eigenvalue weighted by Crippen LogP contribution is 1.88. The van der Waals surface area contributed by atoms with E-state index in [0.717, 1.165) is 16.9 Å². The Morgan fingerprint density at radius 2 is 2.45 bits per heavy atom. The van der Waals surface area contributed by atoms with Crippen molar-refractivity contribution >= 4 is 17.6 Å². The van der Waals surface area contributed by atoms with E-state index in [9.17, 15) is 4.79 Å². The number of allylic oxidation sites excluding steroid dienone is 1. The maximum Gasteiger partial charge on any atom is 0.151 e. The van der Waals surface area contributed by atoms with Gasteiger partial charge in [-0.05, 0) is 17.9 Å². The molecule has 52 valence electrons. The molecule has 1 N–H and O–H groups in total. The number of carbonyl (C=O) groups is 1. The summed E-state index contributed by atoms with van der Waals surface area (Å²) in [5, 5.41) is 1.73. The molecule has 0 fully saturated rings. The number of hydrogen-bond acceptors (Lipinski definition) is 1.